The number of carbonyl (C=O) groups excluding carboxylic acids is 1. The second-order valence-corrected chi connectivity index (χ2v) is 7.94. The number of nitrogens with zero attached hydrogens (tertiary/aromatic N) is 5. The van der Waals surface area contributed by atoms with Crippen molar-refractivity contribution in [2.24, 2.45) is 0 Å². The quantitative estimate of drug-likeness (QED) is 0.404. The summed E-state index contributed by atoms with van der Waals surface area (Å²) in [5.74, 6) is -0.0316. The smallest absolute Gasteiger partial charge is 0.316 e. The second-order valence-electron chi connectivity index (χ2n) is 7.94. The van der Waals surface area contributed by atoms with Gasteiger partial charge >= 0.3 is 6.01 Å². The van der Waals surface area contributed by atoms with Gasteiger partial charge in [-0.25, -0.2) is 15.0 Å². The molecule has 0 spiro atoms. The summed E-state index contributed by atoms with van der Waals surface area (Å²) in [5.41, 5.74) is 4.03. The van der Waals surface area contributed by atoms with E-state index in [2.05, 4.69) is 16.9 Å². The van der Waals surface area contributed by atoms with Crippen molar-refractivity contribution < 1.29 is 9.53 Å². The van der Waals surface area contributed by atoms with Gasteiger partial charge in [0.05, 0.1) is 6.04 Å². The molecule has 1 atom stereocenters. The van der Waals surface area contributed by atoms with Crippen LogP contribution in [0.5, 0.6) is 6.01 Å². The number of ether oxygens (including phenoxy) is 1. The number of aryl methyl sites for hydroxylation is 1. The molecule has 1 aliphatic heterocycles. The molecule has 0 radical (unpaired) electrons. The molecule has 1 fully saturated rings. The van der Waals surface area contributed by atoms with Gasteiger partial charge < -0.3 is 9.64 Å². The molecule has 5 rings (SSSR count). The molecule has 0 N–H and O–H groups in total. The van der Waals surface area contributed by atoms with Gasteiger partial charge in [-0.1, -0.05) is 57.2 Å². The number of rotatable bonds is 6. The van der Waals surface area contributed by atoms with E-state index in [1.165, 1.54) is 0 Å². The minimum Gasteiger partial charge on any atom is -0.461 e. The zero-order chi connectivity index (χ0) is 23.9. The van der Waals surface area contributed by atoms with E-state index < -0.39 is 0 Å². The van der Waals surface area contributed by atoms with Gasteiger partial charge in [0, 0.05) is 30.7 Å². The topological polar surface area (TPSA) is 72.6 Å². The standard InChI is InChI=1S/C25H25N5O2.C2H6/c1-2-18-15-26-25(27-16-18)32-17-20-11-8-14-29(20)24(31)23-22(19-9-4-3-5-10-19)28-21-12-6-7-13-30(21)23;1-2/h3-7,9-10,12-13,15-16,20H,2,8,11,14,17H2,1H3;1-2H3/t20-;/m0./s1. The molecule has 3 aromatic heterocycles. The van der Waals surface area contributed by atoms with Crippen LogP contribution in [-0.4, -0.2) is 49.4 Å². The molecule has 176 valence electrons. The second kappa shape index (κ2) is 10.9. The Bertz CT molecular complexity index is 1220. The van der Waals surface area contributed by atoms with Gasteiger partial charge in [0.1, 0.15) is 23.6 Å². The first-order chi connectivity index (χ1) is 16.7. The first kappa shape index (κ1) is 23.4. The maximum absolute atomic E-state index is 13.8. The van der Waals surface area contributed by atoms with Crippen molar-refractivity contribution in [1.29, 1.82) is 0 Å². The van der Waals surface area contributed by atoms with Crippen molar-refractivity contribution >= 4 is 11.6 Å². The summed E-state index contributed by atoms with van der Waals surface area (Å²) in [7, 11) is 0. The molecule has 1 amide bonds. The molecule has 0 unspecified atom stereocenters. The number of likely N-dealkylation sites (tertiary alicyclic amines) is 1. The third-order valence-electron chi connectivity index (χ3n) is 5.91. The Morgan fingerprint density at radius 2 is 1.79 bits per heavy atom. The largest absolute Gasteiger partial charge is 0.461 e. The number of carbonyl (C=O) groups is 1. The minimum atomic E-state index is -0.0326. The predicted molar refractivity (Wildman–Crippen MR) is 133 cm³/mol. The van der Waals surface area contributed by atoms with Crippen molar-refractivity contribution in [3.63, 3.8) is 0 Å². The van der Waals surface area contributed by atoms with Crippen LogP contribution < -0.4 is 4.74 Å². The van der Waals surface area contributed by atoms with Gasteiger partial charge in [-0.3, -0.25) is 9.20 Å². The van der Waals surface area contributed by atoms with Crippen LogP contribution in [0.1, 0.15) is 49.7 Å². The minimum absolute atomic E-state index is 0.0316. The Kier molecular flexibility index (Phi) is 7.52. The molecule has 1 aliphatic rings. The Morgan fingerprint density at radius 3 is 2.53 bits per heavy atom. The summed E-state index contributed by atoms with van der Waals surface area (Å²) in [6.07, 6.45) is 8.17. The van der Waals surface area contributed by atoms with E-state index in [0.717, 1.165) is 36.0 Å². The first-order valence-corrected chi connectivity index (χ1v) is 12.0. The molecule has 1 aromatic carbocycles. The van der Waals surface area contributed by atoms with Crippen LogP contribution in [-0.2, 0) is 6.42 Å². The highest BCUT2D eigenvalue weighted by atomic mass is 16.5. The lowest BCUT2D eigenvalue weighted by Crippen LogP contribution is -2.39. The summed E-state index contributed by atoms with van der Waals surface area (Å²) in [4.78, 5) is 29.0. The fourth-order valence-electron chi connectivity index (χ4n) is 4.18. The molecule has 7 heteroatoms. The molecular weight excluding hydrogens is 426 g/mol. The molecular formula is C27H31N5O2. The molecule has 4 heterocycles. The highest BCUT2D eigenvalue weighted by Crippen LogP contribution is 2.28. The van der Waals surface area contributed by atoms with E-state index in [0.29, 0.717) is 30.5 Å². The van der Waals surface area contributed by atoms with E-state index in [1.54, 1.807) is 12.4 Å². The van der Waals surface area contributed by atoms with E-state index >= 15 is 0 Å². The number of amides is 1. The van der Waals surface area contributed by atoms with Crippen molar-refractivity contribution in [3.05, 3.63) is 78.4 Å². The van der Waals surface area contributed by atoms with E-state index in [4.69, 9.17) is 9.72 Å². The zero-order valence-electron chi connectivity index (χ0n) is 20.0. The summed E-state index contributed by atoms with van der Waals surface area (Å²) in [6.45, 7) is 7.12. The van der Waals surface area contributed by atoms with Crippen molar-refractivity contribution in [1.82, 2.24) is 24.3 Å². The molecule has 0 bridgehead atoms. The number of pyridine rings is 1. The predicted octanol–water partition coefficient (Wildman–Crippen LogP) is 5.06. The van der Waals surface area contributed by atoms with E-state index in [9.17, 15) is 4.79 Å². The normalized spacial score (nSPS) is 15.1. The van der Waals surface area contributed by atoms with Gasteiger partial charge in [0.15, 0.2) is 0 Å². The van der Waals surface area contributed by atoms with Gasteiger partial charge in [0.2, 0.25) is 0 Å². The molecule has 7 nitrogen and oxygen atoms in total. The fourth-order valence-corrected chi connectivity index (χ4v) is 4.18. The summed E-state index contributed by atoms with van der Waals surface area (Å²) >= 11 is 0. The molecule has 34 heavy (non-hydrogen) atoms. The Hall–Kier alpha value is -3.74. The maximum Gasteiger partial charge on any atom is 0.316 e. The van der Waals surface area contributed by atoms with E-state index in [-0.39, 0.29) is 11.9 Å². The molecule has 0 saturated carbocycles. The molecule has 4 aromatic rings. The van der Waals surface area contributed by atoms with Crippen LogP contribution >= 0.6 is 0 Å². The van der Waals surface area contributed by atoms with Crippen molar-refractivity contribution in [2.45, 2.75) is 46.1 Å². The van der Waals surface area contributed by atoms with E-state index in [1.807, 2.05) is 77.9 Å². The summed E-state index contributed by atoms with van der Waals surface area (Å²) in [5, 5.41) is 0. The Labute approximate surface area is 200 Å². The van der Waals surface area contributed by atoms with Gasteiger partial charge in [-0.15, -0.1) is 0 Å². The number of hydrogen-bond donors (Lipinski definition) is 0. The highest BCUT2D eigenvalue weighted by Gasteiger charge is 2.33. The van der Waals surface area contributed by atoms with Crippen molar-refractivity contribution in [3.8, 4) is 17.3 Å². The van der Waals surface area contributed by atoms with Gasteiger partial charge in [-0.05, 0) is 37.0 Å². The van der Waals surface area contributed by atoms with Crippen LogP contribution in [0.15, 0.2) is 67.1 Å². The third kappa shape index (κ3) is 4.78. The lowest BCUT2D eigenvalue weighted by Gasteiger charge is -2.24. The summed E-state index contributed by atoms with van der Waals surface area (Å²) in [6, 6.07) is 15.9. The van der Waals surface area contributed by atoms with Crippen LogP contribution in [0, 0.1) is 0 Å². The number of imidazole rings is 1. The SMILES string of the molecule is CC.CCc1cnc(OC[C@@H]2CCCN2C(=O)c2c(-c3ccccc3)nc3ccccn23)nc1. The number of benzene rings is 1. The van der Waals surface area contributed by atoms with Gasteiger partial charge in [0.25, 0.3) is 5.91 Å². The lowest BCUT2D eigenvalue weighted by molar-refractivity contribution is 0.0680. The Balaban J connectivity index is 0.00000133. The number of hydrogen-bond acceptors (Lipinski definition) is 5. The zero-order valence-corrected chi connectivity index (χ0v) is 20.0. The number of aromatic nitrogens is 4. The average Bonchev–Trinajstić information content (AvgIpc) is 3.54. The van der Waals surface area contributed by atoms with Crippen molar-refractivity contribution in [2.75, 3.05) is 13.2 Å². The maximum atomic E-state index is 13.8. The first-order valence-electron chi connectivity index (χ1n) is 12.0. The Morgan fingerprint density at radius 1 is 1.06 bits per heavy atom. The molecule has 1 saturated heterocycles. The summed E-state index contributed by atoms with van der Waals surface area (Å²) < 4.78 is 7.73. The third-order valence-corrected chi connectivity index (χ3v) is 5.91. The van der Waals surface area contributed by atoms with Crippen LogP contribution in [0.4, 0.5) is 0 Å². The van der Waals surface area contributed by atoms with Crippen LogP contribution in [0.2, 0.25) is 0 Å². The average molecular weight is 458 g/mol. The molecule has 0 aliphatic carbocycles. The van der Waals surface area contributed by atoms with Gasteiger partial charge in [-0.2, -0.15) is 0 Å². The number of fused-ring (bicyclic) bond motifs is 1. The fraction of sp³-hybridized carbons (Fsp3) is 0.333. The monoisotopic (exact) mass is 457 g/mol. The lowest BCUT2D eigenvalue weighted by atomic mass is 10.1. The highest BCUT2D eigenvalue weighted by molar-refractivity contribution is 6.00. The van der Waals surface area contributed by atoms with Crippen LogP contribution in [0.3, 0.4) is 0 Å². The van der Waals surface area contributed by atoms with Crippen LogP contribution in [0.25, 0.3) is 16.9 Å².